The molecule has 1 nitrogen and oxygen atoms in total. The number of benzene rings is 1. The molecule has 2 N–H and O–H groups in total. The molecule has 0 aliphatic carbocycles. The largest absolute Gasteiger partial charge is 0.330 e. The van der Waals surface area contributed by atoms with Gasteiger partial charge in [-0.1, -0.05) is 24.6 Å². The van der Waals surface area contributed by atoms with E-state index < -0.39 is 0 Å². The lowest BCUT2D eigenvalue weighted by Crippen LogP contribution is -2.18. The molecular formula is C11H14ClNS. The normalized spacial score (nSPS) is 22.1. The fourth-order valence-electron chi connectivity index (χ4n) is 1.84. The van der Waals surface area contributed by atoms with Crippen LogP contribution in [0.5, 0.6) is 0 Å². The van der Waals surface area contributed by atoms with Gasteiger partial charge in [-0.15, -0.1) is 11.8 Å². The van der Waals surface area contributed by atoms with Crippen LogP contribution in [0.15, 0.2) is 23.1 Å². The number of nitrogens with two attached hydrogens (primary N) is 1. The van der Waals surface area contributed by atoms with Crippen LogP contribution in [0.1, 0.15) is 18.4 Å². The Hall–Kier alpha value is -0.180. The molecule has 1 aliphatic rings. The molecule has 1 aliphatic heterocycles. The molecule has 0 spiro atoms. The molecule has 0 radical (unpaired) electrons. The molecule has 2 rings (SSSR count). The second kappa shape index (κ2) is 4.13. The maximum atomic E-state index is 5.95. The van der Waals surface area contributed by atoms with Crippen LogP contribution in [-0.4, -0.2) is 12.3 Å². The molecule has 0 saturated carbocycles. The smallest absolute Gasteiger partial charge is 0.0417 e. The van der Waals surface area contributed by atoms with E-state index in [4.69, 9.17) is 17.3 Å². The third-order valence-corrected chi connectivity index (χ3v) is 4.28. The lowest BCUT2D eigenvalue weighted by atomic mass is 9.89. The van der Waals surface area contributed by atoms with E-state index in [0.717, 1.165) is 17.3 Å². The van der Waals surface area contributed by atoms with Gasteiger partial charge in [0.1, 0.15) is 0 Å². The Bertz CT molecular complexity index is 340. The van der Waals surface area contributed by atoms with Crippen LogP contribution in [-0.2, 0) is 0 Å². The predicted octanol–water partition coefficient (Wildman–Crippen LogP) is 3.12. The highest BCUT2D eigenvalue weighted by Crippen LogP contribution is 2.43. The van der Waals surface area contributed by atoms with Crippen molar-refractivity contribution in [3.63, 3.8) is 0 Å². The van der Waals surface area contributed by atoms with Gasteiger partial charge < -0.3 is 5.73 Å². The lowest BCUT2D eigenvalue weighted by Gasteiger charge is -2.17. The average Bonchev–Trinajstić information content (AvgIpc) is 2.59. The van der Waals surface area contributed by atoms with Crippen LogP contribution in [0.2, 0.25) is 5.02 Å². The predicted molar refractivity (Wildman–Crippen MR) is 63.1 cm³/mol. The van der Waals surface area contributed by atoms with E-state index >= 15 is 0 Å². The van der Waals surface area contributed by atoms with E-state index in [-0.39, 0.29) is 0 Å². The van der Waals surface area contributed by atoms with Gasteiger partial charge >= 0.3 is 0 Å². The van der Waals surface area contributed by atoms with Gasteiger partial charge in [0.15, 0.2) is 0 Å². The van der Waals surface area contributed by atoms with E-state index in [2.05, 4.69) is 19.1 Å². The van der Waals surface area contributed by atoms with Crippen molar-refractivity contribution < 1.29 is 0 Å². The van der Waals surface area contributed by atoms with Gasteiger partial charge in [-0.3, -0.25) is 0 Å². The highest BCUT2D eigenvalue weighted by Gasteiger charge is 2.26. The Labute approximate surface area is 94.0 Å². The Morgan fingerprint density at radius 3 is 3.14 bits per heavy atom. The van der Waals surface area contributed by atoms with Gasteiger partial charge in [0.2, 0.25) is 0 Å². The van der Waals surface area contributed by atoms with Crippen molar-refractivity contribution in [3.8, 4) is 0 Å². The van der Waals surface area contributed by atoms with E-state index in [0.29, 0.717) is 11.8 Å². The molecule has 0 amide bonds. The van der Waals surface area contributed by atoms with Gasteiger partial charge in [0.05, 0.1) is 0 Å². The molecule has 0 fully saturated rings. The Kier molecular flexibility index (Phi) is 3.05. The first-order valence-corrected chi connectivity index (χ1v) is 6.21. The van der Waals surface area contributed by atoms with Crippen LogP contribution in [0.4, 0.5) is 0 Å². The Morgan fingerprint density at radius 1 is 1.64 bits per heavy atom. The molecule has 14 heavy (non-hydrogen) atoms. The van der Waals surface area contributed by atoms with Crippen LogP contribution in [0, 0.1) is 5.92 Å². The summed E-state index contributed by atoms with van der Waals surface area (Å²) in [6.07, 6.45) is 0. The van der Waals surface area contributed by atoms with E-state index in [9.17, 15) is 0 Å². The number of rotatable bonds is 2. The third kappa shape index (κ3) is 1.79. The Morgan fingerprint density at radius 2 is 2.43 bits per heavy atom. The highest BCUT2D eigenvalue weighted by molar-refractivity contribution is 7.99. The summed E-state index contributed by atoms with van der Waals surface area (Å²) in [5, 5.41) is 0.831. The maximum absolute atomic E-state index is 5.95. The van der Waals surface area contributed by atoms with Crippen molar-refractivity contribution in [2.75, 3.05) is 12.3 Å². The molecule has 1 aromatic rings. The van der Waals surface area contributed by atoms with Gasteiger partial charge in [-0.2, -0.15) is 0 Å². The molecule has 2 unspecified atom stereocenters. The van der Waals surface area contributed by atoms with Gasteiger partial charge in [-0.25, -0.2) is 0 Å². The van der Waals surface area contributed by atoms with Crippen LogP contribution >= 0.6 is 23.4 Å². The monoisotopic (exact) mass is 227 g/mol. The second-order valence-electron chi connectivity index (χ2n) is 3.81. The second-order valence-corrected chi connectivity index (χ2v) is 5.31. The summed E-state index contributed by atoms with van der Waals surface area (Å²) in [4.78, 5) is 1.34. The summed E-state index contributed by atoms with van der Waals surface area (Å²) < 4.78 is 0. The summed E-state index contributed by atoms with van der Waals surface area (Å²) >= 11 is 7.84. The topological polar surface area (TPSA) is 26.0 Å². The molecule has 76 valence electrons. The van der Waals surface area contributed by atoms with Gasteiger partial charge in [0.25, 0.3) is 0 Å². The van der Waals surface area contributed by atoms with Crippen molar-refractivity contribution in [1.29, 1.82) is 0 Å². The van der Waals surface area contributed by atoms with E-state index in [1.54, 1.807) is 0 Å². The summed E-state index contributed by atoms with van der Waals surface area (Å²) in [7, 11) is 0. The molecule has 1 aromatic carbocycles. The first kappa shape index (κ1) is 10.3. The zero-order valence-corrected chi connectivity index (χ0v) is 9.74. The third-order valence-electron chi connectivity index (χ3n) is 2.85. The SMILES string of the molecule is CC(CN)C1CSc2cc(Cl)ccc21. The fourth-order valence-corrected chi connectivity index (χ4v) is 3.54. The first-order chi connectivity index (χ1) is 6.72. The van der Waals surface area contributed by atoms with Crippen molar-refractivity contribution in [3.05, 3.63) is 28.8 Å². The maximum Gasteiger partial charge on any atom is 0.0417 e. The summed E-state index contributed by atoms with van der Waals surface area (Å²) in [6, 6.07) is 6.18. The van der Waals surface area contributed by atoms with Crippen LogP contribution < -0.4 is 5.73 Å². The number of fused-ring (bicyclic) bond motifs is 1. The quantitative estimate of drug-likeness (QED) is 0.840. The van der Waals surface area contributed by atoms with Gasteiger partial charge in [-0.05, 0) is 36.1 Å². The number of halogens is 1. The molecular weight excluding hydrogens is 214 g/mol. The lowest BCUT2D eigenvalue weighted by molar-refractivity contribution is 0.506. The summed E-state index contributed by atoms with van der Waals surface area (Å²) in [5.41, 5.74) is 7.13. The molecule has 2 atom stereocenters. The molecule has 1 heterocycles. The summed E-state index contributed by atoms with van der Waals surface area (Å²) in [6.45, 7) is 2.97. The molecule has 3 heteroatoms. The summed E-state index contributed by atoms with van der Waals surface area (Å²) in [5.74, 6) is 2.32. The number of thioether (sulfide) groups is 1. The zero-order chi connectivity index (χ0) is 10.1. The van der Waals surface area contributed by atoms with Gasteiger partial charge in [0, 0.05) is 15.7 Å². The highest BCUT2D eigenvalue weighted by atomic mass is 35.5. The average molecular weight is 228 g/mol. The minimum atomic E-state index is 0.560. The van der Waals surface area contributed by atoms with Crippen molar-refractivity contribution in [1.82, 2.24) is 0 Å². The van der Waals surface area contributed by atoms with Crippen LogP contribution in [0.25, 0.3) is 0 Å². The Balaban J connectivity index is 2.31. The molecule has 0 bridgehead atoms. The van der Waals surface area contributed by atoms with Crippen molar-refractivity contribution in [2.45, 2.75) is 17.7 Å². The minimum absolute atomic E-state index is 0.560. The van der Waals surface area contributed by atoms with E-state index in [1.165, 1.54) is 10.5 Å². The van der Waals surface area contributed by atoms with Crippen LogP contribution in [0.3, 0.4) is 0 Å². The van der Waals surface area contributed by atoms with Crippen molar-refractivity contribution in [2.24, 2.45) is 11.7 Å². The van der Waals surface area contributed by atoms with Crippen molar-refractivity contribution >= 4 is 23.4 Å². The molecule has 0 saturated heterocycles. The number of hydrogen-bond acceptors (Lipinski definition) is 2. The van der Waals surface area contributed by atoms with E-state index in [1.807, 2.05) is 17.8 Å². The minimum Gasteiger partial charge on any atom is -0.330 e. The first-order valence-electron chi connectivity index (χ1n) is 4.84. The zero-order valence-electron chi connectivity index (χ0n) is 8.16. The fraction of sp³-hybridized carbons (Fsp3) is 0.455. The number of hydrogen-bond donors (Lipinski definition) is 1. The standard InChI is InChI=1S/C11H14ClNS/c1-7(5-13)10-6-14-11-4-8(12)2-3-9(10)11/h2-4,7,10H,5-6,13H2,1H3. The molecule has 0 aromatic heterocycles.